The van der Waals surface area contributed by atoms with Gasteiger partial charge in [0.25, 0.3) is 0 Å². The average Bonchev–Trinajstić information content (AvgIpc) is 2.85. The highest BCUT2D eigenvalue weighted by molar-refractivity contribution is 9.10. The highest BCUT2D eigenvalue weighted by Gasteiger charge is 2.27. The van der Waals surface area contributed by atoms with Crippen molar-refractivity contribution in [3.8, 4) is 0 Å². The summed E-state index contributed by atoms with van der Waals surface area (Å²) >= 11 is 3.28. The number of rotatable bonds is 4. The quantitative estimate of drug-likeness (QED) is 0.553. The second kappa shape index (κ2) is 7.14. The van der Waals surface area contributed by atoms with Gasteiger partial charge >= 0.3 is 5.69 Å². The van der Waals surface area contributed by atoms with E-state index in [1.807, 2.05) is 6.07 Å². The zero-order chi connectivity index (χ0) is 19.0. The number of halogens is 2. The van der Waals surface area contributed by atoms with Gasteiger partial charge in [0.2, 0.25) is 5.91 Å². The third-order valence-electron chi connectivity index (χ3n) is 4.57. The van der Waals surface area contributed by atoms with Gasteiger partial charge in [-0.2, -0.15) is 5.10 Å². The van der Waals surface area contributed by atoms with Crippen molar-refractivity contribution in [3.63, 3.8) is 0 Å². The summed E-state index contributed by atoms with van der Waals surface area (Å²) in [5.74, 6) is -0.647. The van der Waals surface area contributed by atoms with Crippen LogP contribution in [0.1, 0.15) is 29.8 Å². The summed E-state index contributed by atoms with van der Waals surface area (Å²) < 4.78 is 16.5. The molecule has 0 saturated carbocycles. The van der Waals surface area contributed by atoms with Crippen LogP contribution in [0.2, 0.25) is 0 Å². The summed E-state index contributed by atoms with van der Waals surface area (Å²) in [6, 6.07) is 3.19. The molecule has 9 heteroatoms. The van der Waals surface area contributed by atoms with Gasteiger partial charge in [-0.25, -0.2) is 4.39 Å². The second-order valence-electron chi connectivity index (χ2n) is 6.29. The van der Waals surface area contributed by atoms with Crippen LogP contribution in [-0.2, 0) is 17.8 Å². The number of nitro groups is 1. The van der Waals surface area contributed by atoms with E-state index in [0.29, 0.717) is 28.1 Å². The number of anilines is 1. The zero-order valence-corrected chi connectivity index (χ0v) is 16.0. The molecule has 3 rings (SSSR count). The van der Waals surface area contributed by atoms with Crippen molar-refractivity contribution in [3.05, 3.63) is 49.5 Å². The first-order valence-corrected chi connectivity index (χ1v) is 9.05. The lowest BCUT2D eigenvalue weighted by Crippen LogP contribution is -2.36. The molecule has 26 heavy (non-hydrogen) atoms. The molecule has 1 amide bonds. The summed E-state index contributed by atoms with van der Waals surface area (Å²) in [5.41, 5.74) is 1.84. The van der Waals surface area contributed by atoms with Crippen LogP contribution < -0.4 is 4.90 Å². The normalized spacial score (nSPS) is 13.6. The van der Waals surface area contributed by atoms with Crippen LogP contribution in [-0.4, -0.2) is 27.2 Å². The number of nitrogens with zero attached hydrogens (tertiary/aromatic N) is 4. The van der Waals surface area contributed by atoms with Crippen molar-refractivity contribution in [1.82, 2.24) is 9.78 Å². The predicted octanol–water partition coefficient (Wildman–Crippen LogP) is 3.68. The van der Waals surface area contributed by atoms with E-state index in [1.54, 1.807) is 13.8 Å². The van der Waals surface area contributed by atoms with Crippen molar-refractivity contribution in [2.75, 3.05) is 11.4 Å². The van der Waals surface area contributed by atoms with Crippen molar-refractivity contribution < 1.29 is 14.1 Å². The molecule has 0 aliphatic carbocycles. The fraction of sp³-hybridized carbons (Fsp3) is 0.412. The first kappa shape index (κ1) is 18.5. The maximum atomic E-state index is 14.4. The Morgan fingerprint density at radius 2 is 2.15 bits per heavy atom. The number of carbonyl (C=O) groups excluding carboxylic acids is 1. The largest absolute Gasteiger partial charge is 0.312 e. The van der Waals surface area contributed by atoms with Gasteiger partial charge in [-0.1, -0.05) is 15.9 Å². The third kappa shape index (κ3) is 3.35. The van der Waals surface area contributed by atoms with Gasteiger partial charge in [0.05, 0.1) is 17.2 Å². The number of aryl methyl sites for hydroxylation is 3. The molecule has 0 saturated heterocycles. The maximum absolute atomic E-state index is 14.4. The molecule has 0 spiro atoms. The average molecular weight is 425 g/mol. The van der Waals surface area contributed by atoms with Gasteiger partial charge in [0, 0.05) is 17.4 Å². The van der Waals surface area contributed by atoms with E-state index in [4.69, 9.17) is 0 Å². The Hall–Kier alpha value is -2.29. The van der Waals surface area contributed by atoms with Crippen LogP contribution in [0.4, 0.5) is 15.8 Å². The van der Waals surface area contributed by atoms with Gasteiger partial charge in [-0.15, -0.1) is 0 Å². The molecule has 0 radical (unpaired) electrons. The van der Waals surface area contributed by atoms with Gasteiger partial charge in [0.15, 0.2) is 0 Å². The van der Waals surface area contributed by atoms with Crippen LogP contribution in [0.3, 0.4) is 0 Å². The predicted molar refractivity (Wildman–Crippen MR) is 97.7 cm³/mol. The van der Waals surface area contributed by atoms with E-state index in [0.717, 1.165) is 18.4 Å². The number of aromatic nitrogens is 2. The molecule has 0 N–H and O–H groups in total. The second-order valence-corrected chi connectivity index (χ2v) is 7.21. The summed E-state index contributed by atoms with van der Waals surface area (Å²) in [5, 5.41) is 15.2. The highest BCUT2D eigenvalue weighted by Crippen LogP contribution is 2.33. The van der Waals surface area contributed by atoms with Gasteiger partial charge < -0.3 is 4.90 Å². The third-order valence-corrected chi connectivity index (χ3v) is 5.03. The Morgan fingerprint density at radius 1 is 1.42 bits per heavy atom. The van der Waals surface area contributed by atoms with Crippen molar-refractivity contribution in [1.29, 1.82) is 0 Å². The van der Waals surface area contributed by atoms with Gasteiger partial charge in [-0.05, 0) is 44.4 Å². The fourth-order valence-corrected chi connectivity index (χ4v) is 3.88. The number of fused-ring (bicyclic) bond motifs is 1. The molecule has 2 heterocycles. The van der Waals surface area contributed by atoms with Gasteiger partial charge in [0.1, 0.15) is 17.2 Å². The Labute approximate surface area is 158 Å². The number of benzene rings is 1. The summed E-state index contributed by atoms with van der Waals surface area (Å²) in [4.78, 5) is 24.8. The molecule has 2 aromatic rings. The fourth-order valence-electron chi connectivity index (χ4n) is 3.41. The number of hydrogen-bond acceptors (Lipinski definition) is 4. The topological polar surface area (TPSA) is 81.3 Å². The minimum absolute atomic E-state index is 0.0309. The van der Waals surface area contributed by atoms with Crippen LogP contribution in [0, 0.1) is 29.8 Å². The van der Waals surface area contributed by atoms with E-state index in [2.05, 4.69) is 21.0 Å². The standard InChI is InChI=1S/C17H18BrFN4O3/c1-10-16(23(25)26)11(2)22(20-10)7-5-15(24)21-6-3-4-12-8-13(18)9-14(19)17(12)21/h8-9H,3-7H2,1-2H3. The van der Waals surface area contributed by atoms with Crippen LogP contribution in [0.15, 0.2) is 16.6 Å². The molecular formula is C17H18BrFN4O3. The summed E-state index contributed by atoms with van der Waals surface area (Å²) in [6.07, 6.45) is 1.58. The summed E-state index contributed by atoms with van der Waals surface area (Å²) in [7, 11) is 0. The molecule has 1 aromatic carbocycles. The van der Waals surface area contributed by atoms with E-state index in [-0.39, 0.29) is 24.6 Å². The molecule has 0 unspecified atom stereocenters. The maximum Gasteiger partial charge on any atom is 0.312 e. The Kier molecular flexibility index (Phi) is 5.08. The van der Waals surface area contributed by atoms with Crippen molar-refractivity contribution in [2.24, 2.45) is 0 Å². The molecule has 1 aliphatic rings. The van der Waals surface area contributed by atoms with Crippen LogP contribution >= 0.6 is 15.9 Å². The number of amides is 1. The molecule has 7 nitrogen and oxygen atoms in total. The van der Waals surface area contributed by atoms with E-state index in [1.165, 1.54) is 15.6 Å². The number of carbonyl (C=O) groups is 1. The Balaban J connectivity index is 1.79. The molecule has 1 aromatic heterocycles. The first-order valence-electron chi connectivity index (χ1n) is 8.26. The summed E-state index contributed by atoms with van der Waals surface area (Å²) in [6.45, 7) is 3.85. The van der Waals surface area contributed by atoms with E-state index < -0.39 is 10.7 Å². The van der Waals surface area contributed by atoms with Crippen molar-refractivity contribution >= 4 is 33.2 Å². The first-order chi connectivity index (χ1) is 12.3. The highest BCUT2D eigenvalue weighted by atomic mass is 79.9. The van der Waals surface area contributed by atoms with E-state index in [9.17, 15) is 19.3 Å². The monoisotopic (exact) mass is 424 g/mol. The molecule has 0 atom stereocenters. The molecule has 0 bridgehead atoms. The van der Waals surface area contributed by atoms with Crippen LogP contribution in [0.25, 0.3) is 0 Å². The smallest absolute Gasteiger partial charge is 0.309 e. The lowest BCUT2D eigenvalue weighted by atomic mass is 10.0. The van der Waals surface area contributed by atoms with Crippen molar-refractivity contribution in [2.45, 2.75) is 39.7 Å². The molecule has 138 valence electrons. The molecule has 1 aliphatic heterocycles. The minimum Gasteiger partial charge on any atom is -0.309 e. The Morgan fingerprint density at radius 3 is 2.81 bits per heavy atom. The Bertz CT molecular complexity index is 897. The minimum atomic E-state index is -0.468. The lowest BCUT2D eigenvalue weighted by Gasteiger charge is -2.30. The van der Waals surface area contributed by atoms with Gasteiger partial charge in [-0.3, -0.25) is 19.6 Å². The van der Waals surface area contributed by atoms with Crippen LogP contribution in [0.5, 0.6) is 0 Å². The lowest BCUT2D eigenvalue weighted by molar-refractivity contribution is -0.386. The zero-order valence-electron chi connectivity index (χ0n) is 14.5. The molecule has 0 fully saturated rings. The molecular weight excluding hydrogens is 407 g/mol. The van der Waals surface area contributed by atoms with E-state index >= 15 is 0 Å². The SMILES string of the molecule is Cc1nn(CCC(=O)N2CCCc3cc(Br)cc(F)c32)c(C)c1[N+](=O)[O-]. The number of hydrogen-bond donors (Lipinski definition) is 0.